The van der Waals surface area contributed by atoms with E-state index in [1.54, 1.807) is 57.2 Å². The number of carboxylic acids is 1. The third-order valence-electron chi connectivity index (χ3n) is 3.32. The van der Waals surface area contributed by atoms with E-state index in [4.69, 9.17) is 0 Å². The molecule has 0 aromatic heterocycles. The molecule has 0 unspecified atom stereocenters. The van der Waals surface area contributed by atoms with Crippen molar-refractivity contribution >= 4 is 16.0 Å². The minimum absolute atomic E-state index is 0.188. The first-order valence-electron chi connectivity index (χ1n) is 7.53. The molecule has 24 heavy (non-hydrogen) atoms. The summed E-state index contributed by atoms with van der Waals surface area (Å²) in [5, 5.41) is 9.22. The Morgan fingerprint density at radius 2 is 1.62 bits per heavy atom. The van der Waals surface area contributed by atoms with Gasteiger partial charge in [-0.1, -0.05) is 30.3 Å². The molecule has 5 nitrogen and oxygen atoms in total. The Kier molecular flexibility index (Phi) is 5.11. The van der Waals surface area contributed by atoms with E-state index >= 15 is 0 Å². The molecular weight excluding hydrogens is 326 g/mol. The van der Waals surface area contributed by atoms with Gasteiger partial charge in [0, 0.05) is 5.54 Å². The number of sulfonamides is 1. The summed E-state index contributed by atoms with van der Waals surface area (Å²) in [4.78, 5) is 11.4. The molecule has 0 heterocycles. The van der Waals surface area contributed by atoms with Crippen LogP contribution in [0.25, 0.3) is 0 Å². The van der Waals surface area contributed by atoms with Gasteiger partial charge in [-0.25, -0.2) is 17.9 Å². The Morgan fingerprint density at radius 3 is 2.17 bits per heavy atom. The van der Waals surface area contributed by atoms with Crippen molar-refractivity contribution in [1.29, 1.82) is 0 Å². The van der Waals surface area contributed by atoms with Gasteiger partial charge in [0.1, 0.15) is 0 Å². The second-order valence-electron chi connectivity index (χ2n) is 6.64. The normalized spacial score (nSPS) is 12.1. The SMILES string of the molecule is CC(C)(C)NS(=O)(=O)c1ccc(Cc2ccccc2C(=O)O)cc1. The lowest BCUT2D eigenvalue weighted by Crippen LogP contribution is -2.40. The molecule has 0 spiro atoms. The van der Waals surface area contributed by atoms with Gasteiger partial charge < -0.3 is 5.11 Å². The molecule has 0 radical (unpaired) electrons. The third kappa shape index (κ3) is 4.66. The highest BCUT2D eigenvalue weighted by molar-refractivity contribution is 7.89. The summed E-state index contributed by atoms with van der Waals surface area (Å²) in [6.45, 7) is 5.34. The molecule has 2 aromatic carbocycles. The Labute approximate surface area is 142 Å². The van der Waals surface area contributed by atoms with Crippen LogP contribution >= 0.6 is 0 Å². The fourth-order valence-corrected chi connectivity index (χ4v) is 3.77. The molecule has 128 valence electrons. The largest absolute Gasteiger partial charge is 0.478 e. The molecule has 0 saturated heterocycles. The number of carbonyl (C=O) groups is 1. The van der Waals surface area contributed by atoms with Crippen LogP contribution in [0, 0.1) is 0 Å². The summed E-state index contributed by atoms with van der Waals surface area (Å²) in [5.41, 5.74) is 1.23. The zero-order valence-corrected chi connectivity index (χ0v) is 14.7. The van der Waals surface area contributed by atoms with E-state index in [9.17, 15) is 18.3 Å². The average molecular weight is 347 g/mol. The van der Waals surface area contributed by atoms with Gasteiger partial charge in [0.05, 0.1) is 10.5 Å². The van der Waals surface area contributed by atoms with Crippen LogP contribution in [-0.2, 0) is 16.4 Å². The van der Waals surface area contributed by atoms with Gasteiger partial charge in [-0.2, -0.15) is 0 Å². The zero-order chi connectivity index (χ0) is 18.0. The van der Waals surface area contributed by atoms with Crippen LogP contribution in [0.5, 0.6) is 0 Å². The molecule has 0 fully saturated rings. The fourth-order valence-electron chi connectivity index (χ4n) is 2.35. The van der Waals surface area contributed by atoms with Crippen molar-refractivity contribution in [2.75, 3.05) is 0 Å². The van der Waals surface area contributed by atoms with Crippen molar-refractivity contribution in [3.8, 4) is 0 Å². The van der Waals surface area contributed by atoms with Gasteiger partial charge in [0.2, 0.25) is 10.0 Å². The van der Waals surface area contributed by atoms with Crippen LogP contribution < -0.4 is 4.72 Å². The standard InChI is InChI=1S/C18H21NO4S/c1-18(2,3)19-24(22,23)15-10-8-13(9-11-15)12-14-6-4-5-7-16(14)17(20)21/h4-11,19H,12H2,1-3H3,(H,20,21). The van der Waals surface area contributed by atoms with Crippen LogP contribution in [-0.4, -0.2) is 25.0 Å². The summed E-state index contributed by atoms with van der Waals surface area (Å²) in [6.07, 6.45) is 0.426. The molecule has 2 N–H and O–H groups in total. The van der Waals surface area contributed by atoms with Gasteiger partial charge in [-0.15, -0.1) is 0 Å². The topological polar surface area (TPSA) is 83.5 Å². The van der Waals surface area contributed by atoms with Crippen molar-refractivity contribution in [2.24, 2.45) is 0 Å². The number of nitrogens with one attached hydrogen (secondary N) is 1. The summed E-state index contributed by atoms with van der Waals surface area (Å²) >= 11 is 0. The summed E-state index contributed by atoms with van der Waals surface area (Å²) in [6, 6.07) is 13.3. The van der Waals surface area contributed by atoms with Gasteiger partial charge in [-0.05, 0) is 56.5 Å². The van der Waals surface area contributed by atoms with E-state index in [2.05, 4.69) is 4.72 Å². The van der Waals surface area contributed by atoms with Crippen molar-refractivity contribution in [2.45, 2.75) is 37.6 Å². The first-order chi connectivity index (χ1) is 11.1. The fraction of sp³-hybridized carbons (Fsp3) is 0.278. The second kappa shape index (κ2) is 6.75. The highest BCUT2D eigenvalue weighted by Gasteiger charge is 2.21. The highest BCUT2D eigenvalue weighted by atomic mass is 32.2. The van der Waals surface area contributed by atoms with Crippen molar-refractivity contribution in [3.63, 3.8) is 0 Å². The van der Waals surface area contributed by atoms with Gasteiger partial charge >= 0.3 is 5.97 Å². The molecule has 0 aliphatic carbocycles. The maximum absolute atomic E-state index is 12.3. The first kappa shape index (κ1) is 18.2. The number of aromatic carboxylic acids is 1. The lowest BCUT2D eigenvalue weighted by molar-refractivity contribution is 0.0696. The molecule has 0 aliphatic rings. The Morgan fingerprint density at radius 1 is 1.04 bits per heavy atom. The maximum Gasteiger partial charge on any atom is 0.335 e. The minimum Gasteiger partial charge on any atom is -0.478 e. The smallest absolute Gasteiger partial charge is 0.335 e. The number of rotatable bonds is 5. The van der Waals surface area contributed by atoms with E-state index in [0.29, 0.717) is 12.0 Å². The highest BCUT2D eigenvalue weighted by Crippen LogP contribution is 2.18. The molecular formula is C18H21NO4S. The number of carboxylic acid groups (broad SMARTS) is 1. The summed E-state index contributed by atoms with van der Waals surface area (Å²) < 4.78 is 27.1. The third-order valence-corrected chi connectivity index (χ3v) is 5.09. The number of hydrogen-bond acceptors (Lipinski definition) is 3. The van der Waals surface area contributed by atoms with Crippen molar-refractivity contribution < 1.29 is 18.3 Å². The number of hydrogen-bond donors (Lipinski definition) is 2. The van der Waals surface area contributed by atoms with Crippen molar-refractivity contribution in [1.82, 2.24) is 4.72 Å². The van der Waals surface area contributed by atoms with Gasteiger partial charge in [0.25, 0.3) is 0 Å². The predicted molar refractivity (Wildman–Crippen MR) is 92.7 cm³/mol. The first-order valence-corrected chi connectivity index (χ1v) is 9.01. The predicted octanol–water partition coefficient (Wildman–Crippen LogP) is 3.05. The maximum atomic E-state index is 12.3. The lowest BCUT2D eigenvalue weighted by Gasteiger charge is -2.20. The Bertz CT molecular complexity index is 834. The van der Waals surface area contributed by atoms with Crippen LogP contribution in [0.4, 0.5) is 0 Å². The monoisotopic (exact) mass is 347 g/mol. The van der Waals surface area contributed by atoms with Crippen molar-refractivity contribution in [3.05, 3.63) is 65.2 Å². The molecule has 0 bridgehead atoms. The average Bonchev–Trinajstić information content (AvgIpc) is 2.45. The van der Waals surface area contributed by atoms with Crippen LogP contribution in [0.15, 0.2) is 53.4 Å². The second-order valence-corrected chi connectivity index (χ2v) is 8.32. The van der Waals surface area contributed by atoms with Gasteiger partial charge in [0.15, 0.2) is 0 Å². The molecule has 0 amide bonds. The summed E-state index contributed by atoms with van der Waals surface area (Å²) in [5.74, 6) is -0.973. The summed E-state index contributed by atoms with van der Waals surface area (Å²) in [7, 11) is -3.57. The molecule has 0 saturated carbocycles. The Hall–Kier alpha value is -2.18. The van der Waals surface area contributed by atoms with Crippen LogP contribution in [0.1, 0.15) is 42.3 Å². The minimum atomic E-state index is -3.57. The zero-order valence-electron chi connectivity index (χ0n) is 13.9. The molecule has 0 atom stereocenters. The van der Waals surface area contributed by atoms with E-state index < -0.39 is 21.5 Å². The molecule has 2 rings (SSSR count). The number of benzene rings is 2. The molecule has 6 heteroatoms. The van der Waals surface area contributed by atoms with E-state index in [1.165, 1.54) is 12.1 Å². The lowest BCUT2D eigenvalue weighted by atomic mass is 10.00. The van der Waals surface area contributed by atoms with E-state index in [-0.39, 0.29) is 10.5 Å². The van der Waals surface area contributed by atoms with Crippen LogP contribution in [0.3, 0.4) is 0 Å². The molecule has 0 aliphatic heterocycles. The van der Waals surface area contributed by atoms with E-state index in [0.717, 1.165) is 5.56 Å². The van der Waals surface area contributed by atoms with E-state index in [1.807, 2.05) is 0 Å². The molecule has 2 aromatic rings. The quantitative estimate of drug-likeness (QED) is 0.871. The Balaban J connectivity index is 2.24. The van der Waals surface area contributed by atoms with Gasteiger partial charge in [-0.3, -0.25) is 0 Å². The van der Waals surface area contributed by atoms with Crippen LogP contribution in [0.2, 0.25) is 0 Å².